The molecule has 1 heterocycles. The Labute approximate surface area is 149 Å². The molecule has 5 nitrogen and oxygen atoms in total. The van der Waals surface area contributed by atoms with Gasteiger partial charge in [0.05, 0.1) is 5.69 Å². The molecule has 2 atom stereocenters. The van der Waals surface area contributed by atoms with Crippen molar-refractivity contribution in [3.05, 3.63) is 28.7 Å². The molecular weight excluding hydrogens is 372 g/mol. The third-order valence-corrected chi connectivity index (χ3v) is 6.03. The minimum absolute atomic E-state index is 0.158. The van der Waals surface area contributed by atoms with Gasteiger partial charge < -0.3 is 5.32 Å². The fourth-order valence-corrected chi connectivity index (χ4v) is 4.88. The molecular formula is C18H21BrN2O3. The number of amides is 3. The molecule has 1 aromatic carbocycles. The molecule has 0 spiro atoms. The summed E-state index contributed by atoms with van der Waals surface area (Å²) in [6.07, 6.45) is 1.33. The van der Waals surface area contributed by atoms with Crippen molar-refractivity contribution in [3.8, 4) is 0 Å². The lowest BCUT2D eigenvalue weighted by molar-refractivity contribution is -0.163. The quantitative estimate of drug-likeness (QED) is 0.758. The molecule has 2 fully saturated rings. The molecule has 1 saturated carbocycles. The van der Waals surface area contributed by atoms with Gasteiger partial charge in [0, 0.05) is 20.7 Å². The molecule has 1 aromatic rings. The highest BCUT2D eigenvalue weighted by Crippen LogP contribution is 2.56. The number of piperidine rings is 1. The van der Waals surface area contributed by atoms with Crippen molar-refractivity contribution in [3.63, 3.8) is 0 Å². The van der Waals surface area contributed by atoms with Crippen LogP contribution in [0.4, 0.5) is 5.69 Å². The van der Waals surface area contributed by atoms with Gasteiger partial charge in [0.1, 0.15) is 0 Å². The summed E-state index contributed by atoms with van der Waals surface area (Å²) < 4.78 is 0.796. The van der Waals surface area contributed by atoms with E-state index in [1.807, 2.05) is 45.0 Å². The van der Waals surface area contributed by atoms with E-state index in [1.165, 1.54) is 0 Å². The SMILES string of the molecule is CC12CC(C)(CC(C)(C(=O)Nc3ccccc3Br)C1)C(=O)NC2=O. The Morgan fingerprint density at radius 2 is 1.58 bits per heavy atom. The van der Waals surface area contributed by atoms with Gasteiger partial charge >= 0.3 is 0 Å². The number of halogens is 1. The smallest absolute Gasteiger partial charge is 0.232 e. The average Bonchev–Trinajstić information content (AvgIpc) is 2.47. The fourth-order valence-electron chi connectivity index (χ4n) is 4.49. The first-order valence-electron chi connectivity index (χ1n) is 8.00. The molecule has 6 heteroatoms. The Hall–Kier alpha value is -1.69. The van der Waals surface area contributed by atoms with Gasteiger partial charge in [-0.05, 0) is 47.3 Å². The lowest BCUT2D eigenvalue weighted by Gasteiger charge is -2.53. The molecule has 1 saturated heterocycles. The van der Waals surface area contributed by atoms with Crippen molar-refractivity contribution in [1.82, 2.24) is 5.32 Å². The van der Waals surface area contributed by atoms with Crippen LogP contribution in [-0.4, -0.2) is 17.7 Å². The van der Waals surface area contributed by atoms with E-state index in [0.717, 1.165) is 4.47 Å². The number of fused-ring (bicyclic) bond motifs is 2. The third kappa shape index (κ3) is 2.66. The first kappa shape index (κ1) is 17.1. The Bertz CT molecular complexity index is 720. The molecule has 2 bridgehead atoms. The topological polar surface area (TPSA) is 75.3 Å². The van der Waals surface area contributed by atoms with E-state index >= 15 is 0 Å². The number of hydrogen-bond donors (Lipinski definition) is 2. The first-order chi connectivity index (χ1) is 11.1. The predicted molar refractivity (Wildman–Crippen MR) is 94.1 cm³/mol. The van der Waals surface area contributed by atoms with E-state index in [-0.39, 0.29) is 17.7 Å². The van der Waals surface area contributed by atoms with Crippen LogP contribution in [0.5, 0.6) is 0 Å². The second kappa shape index (κ2) is 5.41. The number of carbonyl (C=O) groups is 3. The van der Waals surface area contributed by atoms with Crippen LogP contribution in [0.15, 0.2) is 28.7 Å². The molecule has 0 radical (unpaired) electrons. The lowest BCUT2D eigenvalue weighted by Crippen LogP contribution is -2.63. The van der Waals surface area contributed by atoms with E-state index in [4.69, 9.17) is 0 Å². The molecule has 2 aliphatic rings. The predicted octanol–water partition coefficient (Wildman–Crippen LogP) is 3.25. The summed E-state index contributed by atoms with van der Waals surface area (Å²) in [7, 11) is 0. The second-order valence-electron chi connectivity index (χ2n) is 7.93. The molecule has 2 N–H and O–H groups in total. The molecule has 0 aromatic heterocycles. The lowest BCUT2D eigenvalue weighted by atomic mass is 9.52. The summed E-state index contributed by atoms with van der Waals surface area (Å²) in [6.45, 7) is 5.53. The number of rotatable bonds is 2. The third-order valence-electron chi connectivity index (χ3n) is 5.33. The molecule has 1 aliphatic carbocycles. The molecule has 3 amide bonds. The molecule has 3 rings (SSSR count). The van der Waals surface area contributed by atoms with Gasteiger partial charge in [-0.1, -0.05) is 32.9 Å². The molecule has 24 heavy (non-hydrogen) atoms. The van der Waals surface area contributed by atoms with Gasteiger partial charge in [-0.2, -0.15) is 0 Å². The zero-order valence-electron chi connectivity index (χ0n) is 14.0. The zero-order chi connectivity index (χ0) is 17.8. The Morgan fingerprint density at radius 1 is 1.04 bits per heavy atom. The van der Waals surface area contributed by atoms with Gasteiger partial charge in [-0.3, -0.25) is 19.7 Å². The summed E-state index contributed by atoms with van der Waals surface area (Å²) in [5.41, 5.74) is -1.52. The Morgan fingerprint density at radius 3 is 2.12 bits per heavy atom. The highest BCUT2D eigenvalue weighted by atomic mass is 79.9. The minimum Gasteiger partial charge on any atom is -0.325 e. The van der Waals surface area contributed by atoms with Crippen molar-refractivity contribution < 1.29 is 14.4 Å². The van der Waals surface area contributed by atoms with Crippen LogP contribution >= 0.6 is 15.9 Å². The maximum atomic E-state index is 13.0. The van der Waals surface area contributed by atoms with Gasteiger partial charge in [0.25, 0.3) is 0 Å². The van der Waals surface area contributed by atoms with Crippen molar-refractivity contribution >= 4 is 39.3 Å². The highest BCUT2D eigenvalue weighted by Gasteiger charge is 2.60. The number of hydrogen-bond acceptors (Lipinski definition) is 3. The van der Waals surface area contributed by atoms with Crippen molar-refractivity contribution in [2.24, 2.45) is 16.2 Å². The highest BCUT2D eigenvalue weighted by molar-refractivity contribution is 9.10. The second-order valence-corrected chi connectivity index (χ2v) is 8.78. The van der Waals surface area contributed by atoms with Gasteiger partial charge in [0.2, 0.25) is 17.7 Å². The normalized spacial score (nSPS) is 35.3. The standard InChI is InChI=1S/C18H21BrN2O3/c1-16(13(22)20-12-7-5-4-6-11(12)19)8-17(2)10-18(3,9-16)15(24)21-14(17)23/h4-7H,8-10H2,1-3H3,(H,20,22)(H,21,23,24). The van der Waals surface area contributed by atoms with E-state index < -0.39 is 16.2 Å². The fraction of sp³-hybridized carbons (Fsp3) is 0.500. The van der Waals surface area contributed by atoms with Crippen molar-refractivity contribution in [2.75, 3.05) is 5.32 Å². The minimum atomic E-state index is -0.787. The zero-order valence-corrected chi connectivity index (χ0v) is 15.6. The van der Waals surface area contributed by atoms with Crippen molar-refractivity contribution in [1.29, 1.82) is 0 Å². The summed E-state index contributed by atoms with van der Waals surface area (Å²) in [4.78, 5) is 37.7. The maximum Gasteiger partial charge on any atom is 0.232 e. The number of benzene rings is 1. The van der Waals surface area contributed by atoms with Crippen molar-refractivity contribution in [2.45, 2.75) is 40.0 Å². The van der Waals surface area contributed by atoms with Crippen LogP contribution in [-0.2, 0) is 14.4 Å². The van der Waals surface area contributed by atoms with Crippen LogP contribution in [0.3, 0.4) is 0 Å². The molecule has 2 unspecified atom stereocenters. The summed E-state index contributed by atoms with van der Waals surface area (Å²) in [5.74, 6) is -0.705. The van der Waals surface area contributed by atoms with E-state index in [0.29, 0.717) is 24.9 Å². The largest absolute Gasteiger partial charge is 0.325 e. The van der Waals surface area contributed by atoms with Crippen LogP contribution < -0.4 is 10.6 Å². The summed E-state index contributed by atoms with van der Waals surface area (Å²) >= 11 is 3.42. The van der Waals surface area contributed by atoms with Gasteiger partial charge in [-0.25, -0.2) is 0 Å². The Kier molecular flexibility index (Phi) is 3.86. The average molecular weight is 393 g/mol. The van der Waals surface area contributed by atoms with E-state index in [2.05, 4.69) is 26.6 Å². The number of carbonyl (C=O) groups excluding carboxylic acids is 3. The monoisotopic (exact) mass is 392 g/mol. The number of para-hydroxylation sites is 1. The van der Waals surface area contributed by atoms with E-state index in [1.54, 1.807) is 0 Å². The molecule has 1 aliphatic heterocycles. The van der Waals surface area contributed by atoms with Gasteiger partial charge in [-0.15, -0.1) is 0 Å². The number of nitrogens with one attached hydrogen (secondary N) is 2. The van der Waals surface area contributed by atoms with Crippen LogP contribution in [0.1, 0.15) is 40.0 Å². The van der Waals surface area contributed by atoms with E-state index in [9.17, 15) is 14.4 Å². The molecule has 128 valence electrons. The van der Waals surface area contributed by atoms with Crippen LogP contribution in [0, 0.1) is 16.2 Å². The maximum absolute atomic E-state index is 13.0. The van der Waals surface area contributed by atoms with Gasteiger partial charge in [0.15, 0.2) is 0 Å². The summed E-state index contributed by atoms with van der Waals surface area (Å²) in [6, 6.07) is 7.39. The Balaban J connectivity index is 1.92. The van der Waals surface area contributed by atoms with Crippen LogP contribution in [0.25, 0.3) is 0 Å². The number of imide groups is 1. The first-order valence-corrected chi connectivity index (χ1v) is 8.79. The summed E-state index contributed by atoms with van der Waals surface area (Å²) in [5, 5.41) is 5.43. The number of anilines is 1. The van der Waals surface area contributed by atoms with Crippen LogP contribution in [0.2, 0.25) is 0 Å².